The van der Waals surface area contributed by atoms with Gasteiger partial charge in [0.25, 0.3) is 0 Å². The number of hydrogen-bond acceptors (Lipinski definition) is 0. The van der Waals surface area contributed by atoms with Crippen LogP contribution in [0, 0.1) is 0 Å². The van der Waals surface area contributed by atoms with Gasteiger partial charge in [0.2, 0.25) is 0 Å². The van der Waals surface area contributed by atoms with Crippen molar-refractivity contribution >= 4 is 0 Å². The molecule has 0 amide bonds. The number of aryl methyl sites for hydroxylation is 1. The molecule has 0 heterocycles. The van der Waals surface area contributed by atoms with Crippen molar-refractivity contribution in [2.24, 2.45) is 0 Å². The Balaban J connectivity index is 0.00000841. The molecule has 0 bridgehead atoms. The van der Waals surface area contributed by atoms with E-state index in [1.807, 2.05) is 0 Å². The second-order valence-electron chi connectivity index (χ2n) is 9.95. The molecule has 2 heteroatoms. The molecule has 0 unspecified atom stereocenters. The van der Waals surface area contributed by atoms with Crippen LogP contribution in [0.3, 0.4) is 0 Å². The summed E-state index contributed by atoms with van der Waals surface area (Å²) in [6.07, 6.45) is 25.7. The number of rotatable bonds is 19. The van der Waals surface area contributed by atoms with Crippen molar-refractivity contribution in [3.05, 3.63) is 35.4 Å². The van der Waals surface area contributed by atoms with Crippen LogP contribution >= 0.6 is 0 Å². The summed E-state index contributed by atoms with van der Waals surface area (Å²) in [5.41, 5.74) is 7.28. The third-order valence-electron chi connectivity index (χ3n) is 6.30. The fourth-order valence-corrected chi connectivity index (χ4v) is 4.44. The van der Waals surface area contributed by atoms with Gasteiger partial charge in [-0.15, -0.1) is 0 Å². The minimum atomic E-state index is 0. The van der Waals surface area contributed by atoms with E-state index in [4.69, 9.17) is 0 Å². The van der Waals surface area contributed by atoms with Crippen LogP contribution in [0.25, 0.3) is 0 Å². The van der Waals surface area contributed by atoms with E-state index in [1.165, 1.54) is 127 Å². The highest BCUT2D eigenvalue weighted by molar-refractivity contribution is 5.31. The van der Waals surface area contributed by atoms with Crippen molar-refractivity contribution in [3.8, 4) is 0 Å². The molecule has 1 aromatic carbocycles. The van der Waals surface area contributed by atoms with Crippen molar-refractivity contribution < 1.29 is 18.1 Å². The van der Waals surface area contributed by atoms with Crippen LogP contribution < -0.4 is 18.1 Å². The standard InChI is InChI=1S/C28H51N.ClH/c1-4-5-6-7-8-9-10-11-12-13-14-15-16-17-18-19-20-23-26-24-21-22-25-27(26)28(2,3)29;/h21-22,24-25H,4-20,23,29H2,1-3H3;1H. The largest absolute Gasteiger partial charge is 1.00 e. The lowest BCUT2D eigenvalue weighted by molar-refractivity contribution is -0.475. The fraction of sp³-hybridized carbons (Fsp3) is 0.786. The zero-order chi connectivity index (χ0) is 21.2. The summed E-state index contributed by atoms with van der Waals surface area (Å²) in [6, 6.07) is 8.89. The highest BCUT2D eigenvalue weighted by Crippen LogP contribution is 2.22. The zero-order valence-electron chi connectivity index (χ0n) is 20.6. The van der Waals surface area contributed by atoms with Crippen molar-refractivity contribution in [3.63, 3.8) is 0 Å². The molecule has 0 spiro atoms. The average Bonchev–Trinajstić information content (AvgIpc) is 2.70. The molecule has 30 heavy (non-hydrogen) atoms. The second kappa shape index (κ2) is 19.2. The summed E-state index contributed by atoms with van der Waals surface area (Å²) in [7, 11) is 0. The van der Waals surface area contributed by atoms with E-state index >= 15 is 0 Å². The Bertz CT molecular complexity index is 492. The van der Waals surface area contributed by atoms with E-state index < -0.39 is 0 Å². The molecule has 1 rings (SSSR count). The monoisotopic (exact) mass is 437 g/mol. The van der Waals surface area contributed by atoms with Crippen LogP contribution in [-0.4, -0.2) is 0 Å². The molecule has 1 aromatic rings. The molecule has 0 saturated heterocycles. The minimum Gasteiger partial charge on any atom is -1.00 e. The Kier molecular flexibility index (Phi) is 18.8. The molecule has 0 fully saturated rings. The number of benzene rings is 1. The highest BCUT2D eigenvalue weighted by atomic mass is 35.5. The molecule has 0 saturated carbocycles. The van der Waals surface area contributed by atoms with Crippen molar-refractivity contribution in [1.82, 2.24) is 0 Å². The van der Waals surface area contributed by atoms with Gasteiger partial charge in [-0.25, -0.2) is 0 Å². The van der Waals surface area contributed by atoms with E-state index in [9.17, 15) is 0 Å². The highest BCUT2D eigenvalue weighted by Gasteiger charge is 2.21. The molecule has 1 nitrogen and oxygen atoms in total. The van der Waals surface area contributed by atoms with Gasteiger partial charge in [-0.1, -0.05) is 134 Å². The summed E-state index contributed by atoms with van der Waals surface area (Å²) in [5, 5.41) is 0. The first kappa shape index (κ1) is 29.5. The van der Waals surface area contributed by atoms with Gasteiger partial charge >= 0.3 is 0 Å². The van der Waals surface area contributed by atoms with Crippen LogP contribution in [0.1, 0.15) is 141 Å². The lowest BCUT2D eigenvalue weighted by Gasteiger charge is -2.19. The maximum absolute atomic E-state index is 4.33. The van der Waals surface area contributed by atoms with Crippen molar-refractivity contribution in [2.45, 2.75) is 142 Å². The third-order valence-corrected chi connectivity index (χ3v) is 6.30. The fourth-order valence-electron chi connectivity index (χ4n) is 4.44. The van der Waals surface area contributed by atoms with Crippen LogP contribution in [0.5, 0.6) is 0 Å². The molecular formula is C28H52ClN. The first-order valence-corrected chi connectivity index (χ1v) is 13.0. The van der Waals surface area contributed by atoms with Gasteiger partial charge in [-0.05, 0) is 32.3 Å². The zero-order valence-corrected chi connectivity index (χ0v) is 21.4. The lowest BCUT2D eigenvalue weighted by Crippen LogP contribution is -3.00. The van der Waals surface area contributed by atoms with Crippen LogP contribution in [0.4, 0.5) is 0 Å². The van der Waals surface area contributed by atoms with Crippen molar-refractivity contribution in [2.75, 3.05) is 0 Å². The van der Waals surface area contributed by atoms with E-state index in [2.05, 4.69) is 50.8 Å². The Hall–Kier alpha value is -0.530. The quantitative estimate of drug-likeness (QED) is 0.282. The summed E-state index contributed by atoms with van der Waals surface area (Å²) < 4.78 is 0. The Labute approximate surface area is 195 Å². The average molecular weight is 438 g/mol. The maximum Gasteiger partial charge on any atom is 0.115 e. The van der Waals surface area contributed by atoms with Gasteiger partial charge in [-0.2, -0.15) is 0 Å². The van der Waals surface area contributed by atoms with Gasteiger partial charge in [-0.3, -0.25) is 0 Å². The molecular weight excluding hydrogens is 386 g/mol. The van der Waals surface area contributed by atoms with E-state index in [-0.39, 0.29) is 17.9 Å². The molecule has 176 valence electrons. The molecule has 0 aromatic heterocycles. The molecule has 0 aliphatic carbocycles. The first-order valence-electron chi connectivity index (χ1n) is 13.0. The third kappa shape index (κ3) is 15.3. The molecule has 0 radical (unpaired) electrons. The van der Waals surface area contributed by atoms with Crippen LogP contribution in [-0.2, 0) is 12.0 Å². The summed E-state index contributed by atoms with van der Waals surface area (Å²) in [4.78, 5) is 0. The summed E-state index contributed by atoms with van der Waals surface area (Å²) >= 11 is 0. The van der Waals surface area contributed by atoms with Crippen LogP contribution in [0.15, 0.2) is 24.3 Å². The van der Waals surface area contributed by atoms with E-state index in [0.29, 0.717) is 0 Å². The molecule has 0 aliphatic heterocycles. The topological polar surface area (TPSA) is 27.6 Å². The van der Waals surface area contributed by atoms with E-state index in [0.717, 1.165) is 0 Å². The maximum atomic E-state index is 4.33. The van der Waals surface area contributed by atoms with Gasteiger partial charge in [0.15, 0.2) is 0 Å². The predicted octanol–water partition coefficient (Wildman–Crippen LogP) is 5.36. The van der Waals surface area contributed by atoms with Crippen LogP contribution in [0.2, 0.25) is 0 Å². The molecule has 0 aliphatic rings. The molecule has 3 N–H and O–H groups in total. The number of unbranched alkanes of at least 4 members (excludes halogenated alkanes) is 16. The normalized spacial score (nSPS) is 11.5. The van der Waals surface area contributed by atoms with E-state index in [1.54, 1.807) is 0 Å². The first-order chi connectivity index (χ1) is 14.1. The summed E-state index contributed by atoms with van der Waals surface area (Å²) in [6.45, 7) is 6.74. The van der Waals surface area contributed by atoms with Gasteiger partial charge in [0.05, 0.1) is 0 Å². The number of halogens is 1. The second-order valence-corrected chi connectivity index (χ2v) is 9.95. The number of hydrogen-bond donors (Lipinski definition) is 1. The minimum absolute atomic E-state index is 0. The Morgan fingerprint density at radius 2 is 0.967 bits per heavy atom. The smallest absolute Gasteiger partial charge is 0.115 e. The Morgan fingerprint density at radius 3 is 1.37 bits per heavy atom. The molecule has 0 atom stereocenters. The predicted molar refractivity (Wildman–Crippen MR) is 130 cm³/mol. The van der Waals surface area contributed by atoms with Gasteiger partial charge in [0, 0.05) is 5.56 Å². The lowest BCUT2D eigenvalue weighted by atomic mass is 9.89. The van der Waals surface area contributed by atoms with Gasteiger partial charge in [0.1, 0.15) is 5.54 Å². The number of quaternary nitrogens is 1. The summed E-state index contributed by atoms with van der Waals surface area (Å²) in [5.74, 6) is 0. The van der Waals surface area contributed by atoms with Gasteiger partial charge < -0.3 is 18.1 Å². The Morgan fingerprint density at radius 1 is 0.600 bits per heavy atom. The SMILES string of the molecule is CCCCCCCCCCCCCCCCCCCc1ccccc1C(C)(C)[NH3+].[Cl-]. The van der Waals surface area contributed by atoms with Crippen molar-refractivity contribution in [1.29, 1.82) is 0 Å².